The molecule has 164 valence electrons. The minimum Gasteiger partial charge on any atom is -0.271 e. The molecule has 3 nitrogen and oxygen atoms in total. The van der Waals surface area contributed by atoms with E-state index < -0.39 is 0 Å². The number of nitrogens with two attached hydrogens (primary N) is 1. The Bertz CT molecular complexity index is 504. The third kappa shape index (κ3) is 7.68. The summed E-state index contributed by atoms with van der Waals surface area (Å²) in [4.78, 5) is 0. The lowest BCUT2D eigenvalue weighted by Gasteiger charge is -2.48. The second-order valence-electron chi connectivity index (χ2n) is 11.8. The van der Waals surface area contributed by atoms with Crippen molar-refractivity contribution in [2.75, 3.05) is 0 Å². The third-order valence-corrected chi connectivity index (χ3v) is 7.92. The SMILES string of the molecule is CC(CC1(C)CCCCCCC(C)(C(C)(C)CC(C)(C)C#N)CCCC1)NN. The zero-order valence-corrected chi connectivity index (χ0v) is 20.1. The van der Waals surface area contributed by atoms with Gasteiger partial charge in [-0.25, -0.2) is 0 Å². The molecule has 0 amide bonds. The Balaban J connectivity index is 2.87. The van der Waals surface area contributed by atoms with Crippen molar-refractivity contribution in [3.05, 3.63) is 0 Å². The van der Waals surface area contributed by atoms with Crippen LogP contribution in [0, 0.1) is 33.0 Å². The molecule has 3 heteroatoms. The highest BCUT2D eigenvalue weighted by atomic mass is 15.2. The molecule has 3 atom stereocenters. The van der Waals surface area contributed by atoms with Crippen LogP contribution in [0.15, 0.2) is 0 Å². The molecular weight excluding hydrogens is 342 g/mol. The Kier molecular flexibility index (Phi) is 9.49. The predicted molar refractivity (Wildman–Crippen MR) is 122 cm³/mol. The van der Waals surface area contributed by atoms with Crippen molar-refractivity contribution in [2.45, 2.75) is 132 Å². The summed E-state index contributed by atoms with van der Waals surface area (Å²) in [5.41, 5.74) is 3.60. The van der Waals surface area contributed by atoms with Crippen LogP contribution in [0.1, 0.15) is 126 Å². The van der Waals surface area contributed by atoms with Crippen molar-refractivity contribution in [3.8, 4) is 6.07 Å². The molecule has 3 N–H and O–H groups in total. The molecule has 28 heavy (non-hydrogen) atoms. The number of hydrogen-bond acceptors (Lipinski definition) is 3. The van der Waals surface area contributed by atoms with Crippen molar-refractivity contribution in [1.29, 1.82) is 5.26 Å². The summed E-state index contributed by atoms with van der Waals surface area (Å²) in [5, 5.41) is 9.58. The topological polar surface area (TPSA) is 61.8 Å². The lowest BCUT2D eigenvalue weighted by molar-refractivity contribution is 0.0275. The summed E-state index contributed by atoms with van der Waals surface area (Å²) in [6.45, 7) is 16.2. The van der Waals surface area contributed by atoms with Crippen molar-refractivity contribution in [1.82, 2.24) is 5.43 Å². The zero-order valence-electron chi connectivity index (χ0n) is 20.1. The van der Waals surface area contributed by atoms with Gasteiger partial charge in [0.05, 0.1) is 11.5 Å². The first kappa shape index (κ1) is 25.4. The molecule has 1 fully saturated rings. The molecule has 0 bridgehead atoms. The van der Waals surface area contributed by atoms with E-state index in [1.807, 2.05) is 0 Å². The molecule has 0 spiro atoms. The average Bonchev–Trinajstić information content (AvgIpc) is 2.59. The number of hydrogen-bond donors (Lipinski definition) is 2. The smallest absolute Gasteiger partial charge is 0.0684 e. The van der Waals surface area contributed by atoms with Gasteiger partial charge in [-0.1, -0.05) is 66.2 Å². The number of rotatable bonds is 6. The maximum absolute atomic E-state index is 9.58. The zero-order chi connectivity index (χ0) is 21.5. The van der Waals surface area contributed by atoms with Crippen molar-refractivity contribution in [3.63, 3.8) is 0 Å². The van der Waals surface area contributed by atoms with E-state index in [0.717, 1.165) is 6.42 Å². The van der Waals surface area contributed by atoms with E-state index in [0.29, 0.717) is 16.9 Å². The van der Waals surface area contributed by atoms with Gasteiger partial charge >= 0.3 is 0 Å². The van der Waals surface area contributed by atoms with Crippen LogP contribution in [0.3, 0.4) is 0 Å². The molecule has 1 rings (SSSR count). The van der Waals surface area contributed by atoms with E-state index in [9.17, 15) is 5.26 Å². The molecular formula is C25H49N3. The first-order valence-corrected chi connectivity index (χ1v) is 11.8. The van der Waals surface area contributed by atoms with Gasteiger partial charge in [-0.2, -0.15) is 5.26 Å². The molecule has 0 aromatic heterocycles. The van der Waals surface area contributed by atoms with Crippen LogP contribution >= 0.6 is 0 Å². The minimum absolute atomic E-state index is 0.178. The Labute approximate surface area is 176 Å². The monoisotopic (exact) mass is 391 g/mol. The molecule has 0 aromatic carbocycles. The number of nitrogens with zero attached hydrogens (tertiary/aromatic N) is 1. The summed E-state index contributed by atoms with van der Waals surface area (Å²) in [6.07, 6.45) is 15.3. The average molecular weight is 392 g/mol. The number of nitrogens with one attached hydrogen (secondary N) is 1. The maximum atomic E-state index is 9.58. The quantitative estimate of drug-likeness (QED) is 0.374. The van der Waals surface area contributed by atoms with E-state index in [4.69, 9.17) is 5.84 Å². The summed E-state index contributed by atoms with van der Waals surface area (Å²) < 4.78 is 0. The summed E-state index contributed by atoms with van der Waals surface area (Å²) in [6, 6.07) is 2.93. The Morgan fingerprint density at radius 1 is 0.929 bits per heavy atom. The maximum Gasteiger partial charge on any atom is 0.0684 e. The fraction of sp³-hybridized carbons (Fsp3) is 0.960. The Morgan fingerprint density at radius 2 is 1.39 bits per heavy atom. The van der Waals surface area contributed by atoms with E-state index >= 15 is 0 Å². The highest BCUT2D eigenvalue weighted by Crippen LogP contribution is 2.52. The van der Waals surface area contributed by atoms with Gasteiger partial charge in [-0.15, -0.1) is 0 Å². The van der Waals surface area contributed by atoms with E-state index in [1.165, 1.54) is 70.6 Å². The molecule has 0 aliphatic heterocycles. The Hall–Kier alpha value is -0.590. The van der Waals surface area contributed by atoms with Crippen LogP contribution in [0.5, 0.6) is 0 Å². The number of nitriles is 1. The number of hydrazine groups is 1. The molecule has 0 heterocycles. The van der Waals surface area contributed by atoms with E-state index in [2.05, 4.69) is 60.0 Å². The molecule has 3 unspecified atom stereocenters. The van der Waals surface area contributed by atoms with Gasteiger partial charge < -0.3 is 0 Å². The highest BCUT2D eigenvalue weighted by Gasteiger charge is 2.43. The van der Waals surface area contributed by atoms with Gasteiger partial charge in [-0.3, -0.25) is 11.3 Å². The molecule has 0 saturated heterocycles. The first-order chi connectivity index (χ1) is 12.9. The van der Waals surface area contributed by atoms with Crippen molar-refractivity contribution in [2.24, 2.45) is 27.5 Å². The van der Waals surface area contributed by atoms with E-state index in [-0.39, 0.29) is 10.8 Å². The summed E-state index contributed by atoms with van der Waals surface area (Å²) >= 11 is 0. The van der Waals surface area contributed by atoms with Gasteiger partial charge in [0.1, 0.15) is 0 Å². The van der Waals surface area contributed by atoms with Gasteiger partial charge in [0.25, 0.3) is 0 Å². The van der Waals surface area contributed by atoms with Gasteiger partial charge in [-0.05, 0) is 75.5 Å². The molecule has 1 aliphatic carbocycles. The largest absolute Gasteiger partial charge is 0.271 e. The second kappa shape index (κ2) is 10.4. The van der Waals surface area contributed by atoms with E-state index in [1.54, 1.807) is 0 Å². The minimum atomic E-state index is -0.250. The van der Waals surface area contributed by atoms with Crippen LogP contribution in [0.4, 0.5) is 0 Å². The highest BCUT2D eigenvalue weighted by molar-refractivity contribution is 5.00. The molecule has 1 saturated carbocycles. The summed E-state index contributed by atoms with van der Waals surface area (Å²) in [7, 11) is 0. The van der Waals surface area contributed by atoms with Gasteiger partial charge in [0.2, 0.25) is 0 Å². The van der Waals surface area contributed by atoms with Crippen molar-refractivity contribution < 1.29 is 0 Å². The van der Waals surface area contributed by atoms with Crippen LogP contribution in [-0.2, 0) is 0 Å². The molecule has 0 aromatic rings. The van der Waals surface area contributed by atoms with Crippen LogP contribution in [0.2, 0.25) is 0 Å². The molecule has 0 radical (unpaired) electrons. The lowest BCUT2D eigenvalue weighted by atomic mass is 9.57. The third-order valence-electron chi connectivity index (χ3n) is 7.92. The fourth-order valence-electron chi connectivity index (χ4n) is 5.77. The fourth-order valence-corrected chi connectivity index (χ4v) is 5.77. The second-order valence-corrected chi connectivity index (χ2v) is 11.8. The lowest BCUT2D eigenvalue weighted by Crippen LogP contribution is -2.39. The normalized spacial score (nSPS) is 30.0. The van der Waals surface area contributed by atoms with Crippen LogP contribution < -0.4 is 11.3 Å². The predicted octanol–water partition coefficient (Wildman–Crippen LogP) is 7.12. The standard InChI is InChI=1S/C25H49N3/c1-21(28-27)18-24(6)14-10-8-9-11-16-25(7,17-13-12-15-24)23(4,5)19-22(2,3)20-26/h21,28H,8-19,27H2,1-7H3. The molecule has 1 aliphatic rings. The Morgan fingerprint density at radius 3 is 1.89 bits per heavy atom. The first-order valence-electron chi connectivity index (χ1n) is 11.8. The van der Waals surface area contributed by atoms with Crippen LogP contribution in [-0.4, -0.2) is 6.04 Å². The summed E-state index contributed by atoms with van der Waals surface area (Å²) in [5.74, 6) is 5.69. The van der Waals surface area contributed by atoms with Crippen molar-refractivity contribution >= 4 is 0 Å². The van der Waals surface area contributed by atoms with Gasteiger partial charge in [0.15, 0.2) is 0 Å². The van der Waals surface area contributed by atoms with Crippen LogP contribution in [0.25, 0.3) is 0 Å². The van der Waals surface area contributed by atoms with Gasteiger partial charge in [0, 0.05) is 6.04 Å².